The number of benzene rings is 1. The Hall–Kier alpha value is -2.03. The summed E-state index contributed by atoms with van der Waals surface area (Å²) in [5, 5.41) is 11.7. The Balaban J connectivity index is 2.74. The van der Waals surface area contributed by atoms with Crippen molar-refractivity contribution in [2.75, 3.05) is 6.54 Å². The lowest BCUT2D eigenvalue weighted by Crippen LogP contribution is -2.43. The summed E-state index contributed by atoms with van der Waals surface area (Å²) >= 11 is 5.45. The molecule has 0 aliphatic carbocycles. The van der Waals surface area contributed by atoms with Crippen LogP contribution in [0.1, 0.15) is 24.4 Å². The minimum absolute atomic E-state index is 0.0712. The van der Waals surface area contributed by atoms with Gasteiger partial charge >= 0.3 is 18.2 Å². The maximum absolute atomic E-state index is 13.0. The zero-order valence-corrected chi connectivity index (χ0v) is 12.3. The van der Waals surface area contributed by atoms with Crippen molar-refractivity contribution in [1.82, 2.24) is 10.6 Å². The second-order valence-electron chi connectivity index (χ2n) is 4.55. The van der Waals surface area contributed by atoms with E-state index in [1.165, 1.54) is 0 Å². The van der Waals surface area contributed by atoms with E-state index in [2.05, 4.69) is 5.32 Å². The van der Waals surface area contributed by atoms with Crippen LogP contribution >= 0.6 is 11.6 Å². The quantitative estimate of drug-likeness (QED) is 0.541. The van der Waals surface area contributed by atoms with Gasteiger partial charge in [0, 0.05) is 13.0 Å². The molecule has 5 nitrogen and oxygen atoms in total. The van der Waals surface area contributed by atoms with E-state index in [0.717, 1.165) is 18.2 Å². The van der Waals surface area contributed by atoms with E-state index >= 15 is 0 Å². The summed E-state index contributed by atoms with van der Waals surface area (Å²) < 4.78 is 52.1. The van der Waals surface area contributed by atoms with Crippen LogP contribution in [-0.2, 0) is 4.79 Å². The van der Waals surface area contributed by atoms with Crippen molar-refractivity contribution >= 4 is 23.6 Å². The third kappa shape index (κ3) is 6.31. The number of urea groups is 1. The molecular weight excluding hydrogens is 344 g/mol. The van der Waals surface area contributed by atoms with Crippen LogP contribution in [0, 0.1) is 5.82 Å². The summed E-state index contributed by atoms with van der Waals surface area (Å²) in [4.78, 5) is 21.8. The average molecular weight is 357 g/mol. The van der Waals surface area contributed by atoms with Gasteiger partial charge in [-0.05, 0) is 24.1 Å². The van der Waals surface area contributed by atoms with E-state index in [4.69, 9.17) is 16.7 Å². The van der Waals surface area contributed by atoms with E-state index in [0.29, 0.717) is 0 Å². The number of carbonyl (C=O) groups is 2. The highest BCUT2D eigenvalue weighted by Crippen LogP contribution is 2.34. The molecule has 1 aromatic carbocycles. The lowest BCUT2D eigenvalue weighted by molar-refractivity contribution is -0.155. The topological polar surface area (TPSA) is 78.4 Å². The van der Waals surface area contributed by atoms with Crippen LogP contribution in [-0.4, -0.2) is 29.8 Å². The van der Waals surface area contributed by atoms with Gasteiger partial charge in [0.15, 0.2) is 6.04 Å². The number of carbonyl (C=O) groups excluding carboxylic acids is 1. The number of carboxylic acids is 1. The van der Waals surface area contributed by atoms with Gasteiger partial charge in [-0.2, -0.15) is 13.2 Å². The van der Waals surface area contributed by atoms with Crippen molar-refractivity contribution in [2.45, 2.75) is 25.1 Å². The van der Waals surface area contributed by atoms with Crippen molar-refractivity contribution in [2.24, 2.45) is 0 Å². The zero-order valence-electron chi connectivity index (χ0n) is 11.6. The highest BCUT2D eigenvalue weighted by Gasteiger charge is 2.42. The van der Waals surface area contributed by atoms with Crippen LogP contribution < -0.4 is 10.6 Å². The van der Waals surface area contributed by atoms with Gasteiger partial charge in [-0.1, -0.05) is 17.7 Å². The summed E-state index contributed by atoms with van der Waals surface area (Å²) in [5.41, 5.74) is -0.426. The normalized spacial score (nSPS) is 12.6. The van der Waals surface area contributed by atoms with E-state index < -0.39 is 40.6 Å². The lowest BCUT2D eigenvalue weighted by atomic mass is 10.1. The largest absolute Gasteiger partial charge is 0.481 e. The first kappa shape index (κ1) is 19.0. The van der Waals surface area contributed by atoms with Crippen molar-refractivity contribution in [3.8, 4) is 0 Å². The maximum atomic E-state index is 13.0. The number of nitrogens with one attached hydrogen (secondary N) is 2. The van der Waals surface area contributed by atoms with E-state index in [9.17, 15) is 27.2 Å². The second kappa shape index (κ2) is 8.00. The Morgan fingerprint density at radius 3 is 2.48 bits per heavy atom. The number of carboxylic acid groups (broad SMARTS) is 1. The SMILES string of the molecule is O=C(O)CCCNC(=O)NC(c1ccc(F)c(Cl)c1)C(F)(F)F. The molecule has 0 fully saturated rings. The number of alkyl halides is 3. The monoisotopic (exact) mass is 356 g/mol. The molecule has 128 valence electrons. The number of rotatable bonds is 6. The van der Waals surface area contributed by atoms with E-state index in [1.807, 2.05) is 0 Å². The molecule has 0 saturated heterocycles. The standard InChI is InChI=1S/C13H13ClF4N2O3/c14-8-6-7(3-4-9(8)15)11(13(16,17)18)20-12(23)19-5-1-2-10(21)22/h3-4,6,11H,1-2,5H2,(H,21,22)(H2,19,20,23). The van der Waals surface area contributed by atoms with Crippen molar-refractivity contribution in [1.29, 1.82) is 0 Å². The molecular formula is C13H13ClF4N2O3. The van der Waals surface area contributed by atoms with Gasteiger partial charge in [-0.15, -0.1) is 0 Å². The molecule has 0 bridgehead atoms. The van der Waals surface area contributed by atoms with Crippen LogP contribution in [0.25, 0.3) is 0 Å². The second-order valence-corrected chi connectivity index (χ2v) is 4.95. The molecule has 0 aliphatic rings. The van der Waals surface area contributed by atoms with Crippen molar-refractivity contribution < 1.29 is 32.3 Å². The van der Waals surface area contributed by atoms with Crippen LogP contribution in [0.3, 0.4) is 0 Å². The summed E-state index contributed by atoms with van der Waals surface area (Å²) in [6.45, 7) is -0.104. The highest BCUT2D eigenvalue weighted by molar-refractivity contribution is 6.30. The van der Waals surface area contributed by atoms with Gasteiger partial charge < -0.3 is 15.7 Å². The van der Waals surface area contributed by atoms with Crippen LogP contribution in [0.2, 0.25) is 5.02 Å². The van der Waals surface area contributed by atoms with Crippen molar-refractivity contribution in [3.05, 3.63) is 34.6 Å². The van der Waals surface area contributed by atoms with E-state index in [-0.39, 0.29) is 19.4 Å². The molecule has 0 spiro atoms. The minimum Gasteiger partial charge on any atom is -0.481 e. The Kier molecular flexibility index (Phi) is 6.62. The lowest BCUT2D eigenvalue weighted by Gasteiger charge is -2.22. The first-order valence-corrected chi connectivity index (χ1v) is 6.77. The number of aliphatic carboxylic acids is 1. The molecule has 0 aromatic heterocycles. The predicted molar refractivity (Wildman–Crippen MR) is 73.6 cm³/mol. The number of hydrogen-bond donors (Lipinski definition) is 3. The molecule has 1 aromatic rings. The fourth-order valence-corrected chi connectivity index (χ4v) is 1.86. The maximum Gasteiger partial charge on any atom is 0.412 e. The van der Waals surface area contributed by atoms with E-state index in [1.54, 1.807) is 5.32 Å². The van der Waals surface area contributed by atoms with Gasteiger partial charge in [0.2, 0.25) is 0 Å². The number of hydrogen-bond acceptors (Lipinski definition) is 2. The zero-order chi connectivity index (χ0) is 17.6. The molecule has 2 amide bonds. The molecule has 0 saturated carbocycles. The summed E-state index contributed by atoms with van der Waals surface area (Å²) in [6, 6.07) is -1.09. The third-order valence-corrected chi connectivity index (χ3v) is 3.02. The molecule has 1 rings (SSSR count). The van der Waals surface area contributed by atoms with Gasteiger partial charge in [0.1, 0.15) is 5.82 Å². The van der Waals surface area contributed by atoms with Crippen LogP contribution in [0.15, 0.2) is 18.2 Å². The van der Waals surface area contributed by atoms with Gasteiger partial charge in [-0.25, -0.2) is 9.18 Å². The summed E-state index contributed by atoms with van der Waals surface area (Å²) in [6.07, 6.45) is -4.97. The Morgan fingerprint density at radius 2 is 1.96 bits per heavy atom. The van der Waals surface area contributed by atoms with Crippen LogP contribution in [0.4, 0.5) is 22.4 Å². The molecule has 1 atom stereocenters. The molecule has 0 radical (unpaired) electrons. The summed E-state index contributed by atoms with van der Waals surface area (Å²) in [5.74, 6) is -1.96. The molecule has 1 unspecified atom stereocenters. The number of halogens is 5. The minimum atomic E-state index is -4.82. The van der Waals surface area contributed by atoms with Crippen LogP contribution in [0.5, 0.6) is 0 Å². The Bertz CT molecular complexity index is 581. The fraction of sp³-hybridized carbons (Fsp3) is 0.385. The number of amides is 2. The summed E-state index contributed by atoms with van der Waals surface area (Å²) in [7, 11) is 0. The van der Waals surface area contributed by atoms with Crippen molar-refractivity contribution in [3.63, 3.8) is 0 Å². The Morgan fingerprint density at radius 1 is 1.30 bits per heavy atom. The molecule has 0 aliphatic heterocycles. The third-order valence-electron chi connectivity index (χ3n) is 2.73. The predicted octanol–water partition coefficient (Wildman–Crippen LogP) is 3.25. The highest BCUT2D eigenvalue weighted by atomic mass is 35.5. The average Bonchev–Trinajstić information content (AvgIpc) is 2.43. The molecule has 0 heterocycles. The smallest absolute Gasteiger partial charge is 0.412 e. The Labute approximate surface area is 133 Å². The van der Waals surface area contributed by atoms with Gasteiger partial charge in [0.05, 0.1) is 5.02 Å². The van der Waals surface area contributed by atoms with Gasteiger partial charge in [0.25, 0.3) is 0 Å². The molecule has 10 heteroatoms. The first-order chi connectivity index (χ1) is 10.6. The first-order valence-electron chi connectivity index (χ1n) is 6.39. The fourth-order valence-electron chi connectivity index (χ4n) is 1.67. The van der Waals surface area contributed by atoms with Gasteiger partial charge in [-0.3, -0.25) is 4.79 Å². The molecule has 3 N–H and O–H groups in total. The molecule has 23 heavy (non-hydrogen) atoms.